The van der Waals surface area contributed by atoms with Crippen molar-refractivity contribution in [2.75, 3.05) is 19.3 Å². The Morgan fingerprint density at radius 1 is 1.53 bits per heavy atom. The minimum atomic E-state index is -3.69. The third kappa shape index (κ3) is 3.09. The van der Waals surface area contributed by atoms with Gasteiger partial charge < -0.3 is 5.73 Å². The molecule has 0 atom stereocenters. The quantitative estimate of drug-likeness (QED) is 0.841. The van der Waals surface area contributed by atoms with Crippen molar-refractivity contribution < 1.29 is 8.42 Å². The average molecular weight is 274 g/mol. The number of nitrogen functional groups attached to an aromatic ring is 1. The van der Waals surface area contributed by atoms with E-state index >= 15 is 0 Å². The van der Waals surface area contributed by atoms with Gasteiger partial charge in [-0.25, -0.2) is 8.42 Å². The predicted octanol–water partition coefficient (Wildman–Crippen LogP) is 1.46. The van der Waals surface area contributed by atoms with Crippen molar-refractivity contribution in [1.82, 2.24) is 4.31 Å². The van der Waals surface area contributed by atoms with Crippen LogP contribution in [0.5, 0.6) is 0 Å². The SMILES string of the molecule is CN(CCC#N)S(=O)(=O)c1cc(N)ccc1Cl. The first-order valence-corrected chi connectivity index (χ1v) is 6.59. The van der Waals surface area contributed by atoms with Crippen LogP contribution in [0.25, 0.3) is 0 Å². The molecule has 0 unspecified atom stereocenters. The number of halogens is 1. The van der Waals surface area contributed by atoms with Gasteiger partial charge >= 0.3 is 0 Å². The molecule has 0 heterocycles. The van der Waals surface area contributed by atoms with Crippen molar-refractivity contribution in [2.45, 2.75) is 11.3 Å². The third-order valence-corrected chi connectivity index (χ3v) is 4.52. The van der Waals surface area contributed by atoms with Crippen LogP contribution in [0.2, 0.25) is 5.02 Å². The first-order chi connectivity index (χ1) is 7.89. The van der Waals surface area contributed by atoms with Crippen LogP contribution in [-0.2, 0) is 10.0 Å². The zero-order valence-electron chi connectivity index (χ0n) is 9.22. The minimum Gasteiger partial charge on any atom is -0.399 e. The van der Waals surface area contributed by atoms with Gasteiger partial charge in [-0.15, -0.1) is 0 Å². The molecule has 0 saturated carbocycles. The molecule has 0 saturated heterocycles. The Labute approximate surface area is 105 Å². The van der Waals surface area contributed by atoms with Crippen LogP contribution in [0, 0.1) is 11.3 Å². The summed E-state index contributed by atoms with van der Waals surface area (Å²) in [5.41, 5.74) is 5.85. The van der Waals surface area contributed by atoms with E-state index in [2.05, 4.69) is 0 Å². The van der Waals surface area contributed by atoms with Crippen LogP contribution in [-0.4, -0.2) is 26.3 Å². The van der Waals surface area contributed by atoms with Gasteiger partial charge in [0.1, 0.15) is 4.90 Å². The van der Waals surface area contributed by atoms with Gasteiger partial charge in [0.2, 0.25) is 10.0 Å². The van der Waals surface area contributed by atoms with E-state index in [4.69, 9.17) is 22.6 Å². The van der Waals surface area contributed by atoms with Crippen LogP contribution in [0.15, 0.2) is 23.1 Å². The molecule has 2 N–H and O–H groups in total. The summed E-state index contributed by atoms with van der Waals surface area (Å²) in [4.78, 5) is -0.0420. The first kappa shape index (κ1) is 13.8. The molecule has 1 aromatic rings. The number of nitrogens with zero attached hydrogens (tertiary/aromatic N) is 2. The van der Waals surface area contributed by atoms with E-state index in [-0.39, 0.29) is 22.9 Å². The van der Waals surface area contributed by atoms with Crippen LogP contribution in [0.4, 0.5) is 5.69 Å². The van der Waals surface area contributed by atoms with Gasteiger partial charge in [0.05, 0.1) is 11.1 Å². The highest BCUT2D eigenvalue weighted by Crippen LogP contribution is 2.26. The van der Waals surface area contributed by atoms with Crippen molar-refractivity contribution in [2.24, 2.45) is 0 Å². The zero-order chi connectivity index (χ0) is 13.1. The molecule has 0 aromatic heterocycles. The number of anilines is 1. The maximum absolute atomic E-state index is 12.1. The smallest absolute Gasteiger partial charge is 0.244 e. The van der Waals surface area contributed by atoms with E-state index in [1.54, 1.807) is 0 Å². The van der Waals surface area contributed by atoms with Gasteiger partial charge in [0.25, 0.3) is 0 Å². The highest BCUT2D eigenvalue weighted by atomic mass is 35.5. The molecule has 1 rings (SSSR count). The molecule has 92 valence electrons. The molecule has 0 fully saturated rings. The second kappa shape index (κ2) is 5.36. The van der Waals surface area contributed by atoms with Gasteiger partial charge in [-0.3, -0.25) is 0 Å². The molecule has 0 aliphatic heterocycles. The van der Waals surface area contributed by atoms with E-state index in [0.717, 1.165) is 4.31 Å². The fourth-order valence-electron chi connectivity index (χ4n) is 1.21. The summed E-state index contributed by atoms with van der Waals surface area (Å²) in [6, 6.07) is 6.15. The molecule has 0 spiro atoms. The van der Waals surface area contributed by atoms with Gasteiger partial charge in [0.15, 0.2) is 0 Å². The number of rotatable bonds is 4. The Hall–Kier alpha value is -1.29. The number of hydrogen-bond acceptors (Lipinski definition) is 4. The second-order valence-corrected chi connectivity index (χ2v) is 5.85. The van der Waals surface area contributed by atoms with Gasteiger partial charge in [-0.2, -0.15) is 9.57 Å². The van der Waals surface area contributed by atoms with Crippen LogP contribution in [0.1, 0.15) is 6.42 Å². The number of hydrogen-bond donors (Lipinski definition) is 1. The van der Waals surface area contributed by atoms with E-state index in [0.29, 0.717) is 5.69 Å². The highest BCUT2D eigenvalue weighted by molar-refractivity contribution is 7.89. The number of sulfonamides is 1. The zero-order valence-corrected chi connectivity index (χ0v) is 10.8. The number of nitriles is 1. The molecular weight excluding hydrogens is 262 g/mol. The number of nitrogens with two attached hydrogens (primary N) is 1. The fourth-order valence-corrected chi connectivity index (χ4v) is 2.89. The third-order valence-electron chi connectivity index (χ3n) is 2.18. The Balaban J connectivity index is 3.13. The topological polar surface area (TPSA) is 87.2 Å². The highest BCUT2D eigenvalue weighted by Gasteiger charge is 2.23. The minimum absolute atomic E-state index is 0.0420. The van der Waals surface area contributed by atoms with Crippen molar-refractivity contribution in [3.63, 3.8) is 0 Å². The van der Waals surface area contributed by atoms with Crippen molar-refractivity contribution >= 4 is 27.3 Å². The molecule has 0 amide bonds. The van der Waals surface area contributed by atoms with E-state index in [1.807, 2.05) is 6.07 Å². The lowest BCUT2D eigenvalue weighted by atomic mass is 10.3. The Bertz CT molecular complexity index is 551. The Morgan fingerprint density at radius 2 is 2.18 bits per heavy atom. The predicted molar refractivity (Wildman–Crippen MR) is 65.9 cm³/mol. The molecule has 1 aromatic carbocycles. The summed E-state index contributed by atoms with van der Waals surface area (Å²) < 4.78 is 25.3. The summed E-state index contributed by atoms with van der Waals surface area (Å²) in [6.07, 6.45) is 0.121. The summed E-state index contributed by atoms with van der Waals surface area (Å²) in [5.74, 6) is 0. The summed E-state index contributed by atoms with van der Waals surface area (Å²) >= 11 is 5.83. The van der Waals surface area contributed by atoms with Crippen molar-refractivity contribution in [3.8, 4) is 6.07 Å². The van der Waals surface area contributed by atoms with Gasteiger partial charge in [0, 0.05) is 25.7 Å². The molecule has 0 radical (unpaired) electrons. The van der Waals surface area contributed by atoms with Crippen molar-refractivity contribution in [3.05, 3.63) is 23.2 Å². The summed E-state index contributed by atoms with van der Waals surface area (Å²) in [5, 5.41) is 8.55. The van der Waals surface area contributed by atoms with E-state index in [1.165, 1.54) is 25.2 Å². The second-order valence-electron chi connectivity index (χ2n) is 3.42. The maximum Gasteiger partial charge on any atom is 0.244 e. The lowest BCUT2D eigenvalue weighted by Crippen LogP contribution is -2.28. The van der Waals surface area contributed by atoms with Crippen molar-refractivity contribution in [1.29, 1.82) is 5.26 Å². The normalized spacial score (nSPS) is 11.4. The largest absolute Gasteiger partial charge is 0.399 e. The van der Waals surface area contributed by atoms with Crippen LogP contribution in [0.3, 0.4) is 0 Å². The summed E-state index contributed by atoms with van der Waals surface area (Å²) in [7, 11) is -2.30. The molecule has 0 bridgehead atoms. The Morgan fingerprint density at radius 3 is 2.76 bits per heavy atom. The van der Waals surface area contributed by atoms with Crippen LogP contribution >= 0.6 is 11.6 Å². The molecule has 17 heavy (non-hydrogen) atoms. The van der Waals surface area contributed by atoms with E-state index in [9.17, 15) is 8.42 Å². The standard InChI is InChI=1S/C10H12ClN3O2S/c1-14(6-2-5-12)17(15,16)10-7-8(13)3-4-9(10)11/h3-4,7H,2,6,13H2,1H3. The Kier molecular flexibility index (Phi) is 4.34. The van der Waals surface area contributed by atoms with Gasteiger partial charge in [-0.1, -0.05) is 11.6 Å². The monoisotopic (exact) mass is 273 g/mol. The number of benzene rings is 1. The molecule has 5 nitrogen and oxygen atoms in total. The lowest BCUT2D eigenvalue weighted by molar-refractivity contribution is 0.476. The average Bonchev–Trinajstić information content (AvgIpc) is 2.28. The first-order valence-electron chi connectivity index (χ1n) is 4.78. The molecular formula is C10H12ClN3O2S. The lowest BCUT2D eigenvalue weighted by Gasteiger charge is -2.16. The van der Waals surface area contributed by atoms with Crippen LogP contribution < -0.4 is 5.73 Å². The molecule has 7 heteroatoms. The maximum atomic E-state index is 12.1. The fraction of sp³-hybridized carbons (Fsp3) is 0.300. The summed E-state index contributed by atoms with van der Waals surface area (Å²) in [6.45, 7) is 0.115. The molecule has 0 aliphatic rings. The molecule has 0 aliphatic carbocycles. The van der Waals surface area contributed by atoms with Gasteiger partial charge in [-0.05, 0) is 18.2 Å². The van der Waals surface area contributed by atoms with E-state index < -0.39 is 10.0 Å².